The van der Waals surface area contributed by atoms with Crippen molar-refractivity contribution in [2.24, 2.45) is 0 Å². The van der Waals surface area contributed by atoms with Gasteiger partial charge in [0.25, 0.3) is 0 Å². The number of benzene rings is 1. The maximum atomic E-state index is 5.16. The van der Waals surface area contributed by atoms with Gasteiger partial charge in [0.1, 0.15) is 0 Å². The van der Waals surface area contributed by atoms with Gasteiger partial charge in [0.15, 0.2) is 9.11 Å². The minimum absolute atomic E-state index is 0.741. The molecule has 0 unspecified atom stereocenters. The predicted molar refractivity (Wildman–Crippen MR) is 73.2 cm³/mol. The lowest BCUT2D eigenvalue weighted by molar-refractivity contribution is 0.967. The molecule has 0 radical (unpaired) electrons. The molecule has 3 aromatic rings. The summed E-state index contributed by atoms with van der Waals surface area (Å²) in [6.07, 6.45) is 3.48. The van der Waals surface area contributed by atoms with Gasteiger partial charge in [-0.25, -0.2) is 9.97 Å². The van der Waals surface area contributed by atoms with Crippen molar-refractivity contribution in [3.05, 3.63) is 40.6 Å². The molecule has 1 aromatic carbocycles. The van der Waals surface area contributed by atoms with Crippen LogP contribution in [0.4, 0.5) is 0 Å². The van der Waals surface area contributed by atoms with E-state index in [0.717, 1.165) is 24.2 Å². The molecule has 3 rings (SSSR count). The van der Waals surface area contributed by atoms with Crippen LogP contribution in [0.3, 0.4) is 0 Å². The normalized spacial score (nSPS) is 10.8. The second kappa shape index (κ2) is 4.56. The maximum absolute atomic E-state index is 5.16. The summed E-state index contributed by atoms with van der Waals surface area (Å²) in [6.45, 7) is 0. The molecule has 0 atom stereocenters. The Kier molecular flexibility index (Phi) is 2.92. The standard InChI is InChI=1S/C11H7N3S3/c15-11-14-9-7(3-1-4-8(9)17-11)16-10-12-5-2-6-13-10/h1-6H,(H,14,15). The molecule has 1 N–H and O–H groups in total. The van der Waals surface area contributed by atoms with E-state index in [9.17, 15) is 0 Å². The zero-order valence-electron chi connectivity index (χ0n) is 8.58. The van der Waals surface area contributed by atoms with Gasteiger partial charge in [0, 0.05) is 17.3 Å². The number of aromatic amines is 1. The Morgan fingerprint density at radius 2 is 2.00 bits per heavy atom. The highest BCUT2D eigenvalue weighted by Gasteiger charge is 2.06. The zero-order valence-corrected chi connectivity index (χ0v) is 11.0. The van der Waals surface area contributed by atoms with E-state index >= 15 is 0 Å². The van der Waals surface area contributed by atoms with Crippen molar-refractivity contribution in [2.75, 3.05) is 0 Å². The summed E-state index contributed by atoms with van der Waals surface area (Å²) in [7, 11) is 0. The maximum Gasteiger partial charge on any atom is 0.192 e. The smallest absolute Gasteiger partial charge is 0.192 e. The first-order valence-electron chi connectivity index (χ1n) is 4.89. The van der Waals surface area contributed by atoms with Crippen LogP contribution in [0.2, 0.25) is 0 Å². The van der Waals surface area contributed by atoms with E-state index in [1.165, 1.54) is 11.8 Å². The summed E-state index contributed by atoms with van der Waals surface area (Å²) < 4.78 is 1.96. The van der Waals surface area contributed by atoms with Gasteiger partial charge in [0.2, 0.25) is 0 Å². The van der Waals surface area contributed by atoms with E-state index in [0.29, 0.717) is 0 Å². The van der Waals surface area contributed by atoms with Gasteiger partial charge in [0.05, 0.1) is 10.2 Å². The first kappa shape index (κ1) is 10.9. The minimum Gasteiger partial charge on any atom is -0.336 e. The average molecular weight is 277 g/mol. The first-order valence-corrected chi connectivity index (χ1v) is 6.94. The number of fused-ring (bicyclic) bond motifs is 1. The summed E-state index contributed by atoms with van der Waals surface area (Å²) >= 11 is 8.28. The number of hydrogen-bond donors (Lipinski definition) is 1. The highest BCUT2D eigenvalue weighted by Crippen LogP contribution is 2.32. The molecule has 0 fully saturated rings. The molecule has 84 valence electrons. The Bertz CT molecular complexity index is 703. The van der Waals surface area contributed by atoms with Crippen molar-refractivity contribution in [1.82, 2.24) is 15.0 Å². The molecular formula is C11H7N3S3. The van der Waals surface area contributed by atoms with Crippen LogP contribution >= 0.6 is 35.3 Å². The van der Waals surface area contributed by atoms with Crippen LogP contribution in [0.5, 0.6) is 0 Å². The molecule has 0 aliphatic rings. The molecule has 0 aliphatic carbocycles. The van der Waals surface area contributed by atoms with Gasteiger partial charge in [-0.3, -0.25) is 0 Å². The molecule has 2 aromatic heterocycles. The Labute approximate surface area is 111 Å². The monoisotopic (exact) mass is 277 g/mol. The molecule has 0 saturated heterocycles. The van der Waals surface area contributed by atoms with Gasteiger partial charge in [-0.1, -0.05) is 6.07 Å². The van der Waals surface area contributed by atoms with E-state index < -0.39 is 0 Å². The van der Waals surface area contributed by atoms with E-state index in [-0.39, 0.29) is 0 Å². The number of thiazole rings is 1. The zero-order chi connectivity index (χ0) is 11.7. The third-order valence-corrected chi connectivity index (χ3v) is 4.31. The van der Waals surface area contributed by atoms with Crippen LogP contribution in [-0.4, -0.2) is 15.0 Å². The molecule has 0 spiro atoms. The van der Waals surface area contributed by atoms with Gasteiger partial charge in [-0.05, 0) is 42.2 Å². The molecule has 2 heterocycles. The largest absolute Gasteiger partial charge is 0.336 e. The number of nitrogens with zero attached hydrogens (tertiary/aromatic N) is 2. The average Bonchev–Trinajstić information content (AvgIpc) is 2.72. The second-order valence-electron chi connectivity index (χ2n) is 3.28. The van der Waals surface area contributed by atoms with Gasteiger partial charge < -0.3 is 4.98 Å². The molecule has 0 bridgehead atoms. The van der Waals surface area contributed by atoms with E-state index in [1.807, 2.05) is 18.2 Å². The topological polar surface area (TPSA) is 41.6 Å². The first-order chi connectivity index (χ1) is 8.33. The predicted octanol–water partition coefficient (Wildman–Crippen LogP) is 3.90. The summed E-state index contributed by atoms with van der Waals surface area (Å²) in [5, 5.41) is 0.741. The molecule has 17 heavy (non-hydrogen) atoms. The Morgan fingerprint density at radius 3 is 2.82 bits per heavy atom. The van der Waals surface area contributed by atoms with Crippen LogP contribution in [0.25, 0.3) is 10.2 Å². The van der Waals surface area contributed by atoms with Crippen LogP contribution in [0.1, 0.15) is 0 Å². The van der Waals surface area contributed by atoms with Gasteiger partial charge in [-0.15, -0.1) is 11.3 Å². The van der Waals surface area contributed by atoms with E-state index in [2.05, 4.69) is 21.0 Å². The lowest BCUT2D eigenvalue weighted by Crippen LogP contribution is -1.83. The molecule has 0 aliphatic heterocycles. The van der Waals surface area contributed by atoms with Crippen molar-refractivity contribution in [3.63, 3.8) is 0 Å². The minimum atomic E-state index is 0.741. The van der Waals surface area contributed by atoms with Crippen LogP contribution in [0, 0.1) is 3.95 Å². The summed E-state index contributed by atoms with van der Waals surface area (Å²) in [6, 6.07) is 7.93. The number of para-hydroxylation sites is 1. The SMILES string of the molecule is S=c1[nH]c2c(Sc3ncccn3)cccc2s1. The van der Waals surface area contributed by atoms with Gasteiger partial charge >= 0.3 is 0 Å². The van der Waals surface area contributed by atoms with Crippen LogP contribution in [-0.2, 0) is 0 Å². The third kappa shape index (κ3) is 2.24. The fourth-order valence-corrected chi connectivity index (χ4v) is 3.50. The third-order valence-electron chi connectivity index (χ3n) is 2.16. The quantitative estimate of drug-likeness (QED) is 0.570. The Morgan fingerprint density at radius 1 is 1.18 bits per heavy atom. The van der Waals surface area contributed by atoms with Crippen LogP contribution in [0.15, 0.2) is 46.7 Å². The van der Waals surface area contributed by atoms with Gasteiger partial charge in [-0.2, -0.15) is 0 Å². The Balaban J connectivity index is 2.09. The number of aromatic nitrogens is 3. The summed E-state index contributed by atoms with van der Waals surface area (Å²) in [5.74, 6) is 0. The fourth-order valence-electron chi connectivity index (χ4n) is 1.47. The second-order valence-corrected chi connectivity index (χ2v) is 6.01. The highest BCUT2D eigenvalue weighted by atomic mass is 32.2. The lowest BCUT2D eigenvalue weighted by Gasteiger charge is -2.00. The Hall–Kier alpha value is -1.24. The fraction of sp³-hybridized carbons (Fsp3) is 0. The molecule has 3 nitrogen and oxygen atoms in total. The van der Waals surface area contributed by atoms with E-state index in [1.54, 1.807) is 23.7 Å². The molecule has 0 saturated carbocycles. The van der Waals surface area contributed by atoms with Crippen molar-refractivity contribution in [2.45, 2.75) is 10.1 Å². The summed E-state index contributed by atoms with van der Waals surface area (Å²) in [5.41, 5.74) is 1.07. The van der Waals surface area contributed by atoms with Crippen molar-refractivity contribution < 1.29 is 0 Å². The number of nitrogens with one attached hydrogen (secondary N) is 1. The number of hydrogen-bond acceptors (Lipinski definition) is 5. The molecule has 0 amide bonds. The van der Waals surface area contributed by atoms with Crippen LogP contribution < -0.4 is 0 Å². The van der Waals surface area contributed by atoms with Crippen molar-refractivity contribution >= 4 is 45.5 Å². The summed E-state index contributed by atoms with van der Waals surface area (Å²) in [4.78, 5) is 12.7. The van der Waals surface area contributed by atoms with Crippen molar-refractivity contribution in [3.8, 4) is 0 Å². The number of rotatable bonds is 2. The highest BCUT2D eigenvalue weighted by molar-refractivity contribution is 7.99. The lowest BCUT2D eigenvalue weighted by atomic mass is 10.3. The van der Waals surface area contributed by atoms with E-state index in [4.69, 9.17) is 12.2 Å². The number of H-pyrrole nitrogens is 1. The molecule has 6 heteroatoms. The van der Waals surface area contributed by atoms with Crippen molar-refractivity contribution in [1.29, 1.82) is 0 Å². The molecular weight excluding hydrogens is 270 g/mol.